The van der Waals surface area contributed by atoms with Gasteiger partial charge < -0.3 is 9.80 Å². The van der Waals surface area contributed by atoms with E-state index in [-0.39, 0.29) is 11.8 Å². The third kappa shape index (κ3) is 6.50. The zero-order valence-corrected chi connectivity index (χ0v) is 34.6. The Bertz CT molecular complexity index is 2820. The fourth-order valence-corrected chi connectivity index (χ4v) is 9.29. The maximum absolute atomic E-state index is 9.82. The minimum Gasteiger partial charge on any atom is -0.331 e. The molecule has 0 N–H and O–H groups in total. The number of rotatable bonds is 8. The van der Waals surface area contributed by atoms with Crippen molar-refractivity contribution >= 4 is 60.8 Å². The van der Waals surface area contributed by atoms with Gasteiger partial charge in [0.2, 0.25) is 0 Å². The van der Waals surface area contributed by atoms with Gasteiger partial charge in [-0.2, -0.15) is 10.5 Å². The van der Waals surface area contributed by atoms with E-state index in [9.17, 15) is 10.5 Å². The molecule has 0 amide bonds. The highest BCUT2D eigenvalue weighted by Gasteiger charge is 2.35. The SMILES string of the molecule is Cc1cc(C)cc(N(c2ccc(C#N)cc2)c2cc(C(C)C)c3ccc4c(N(c5cc(C)cc(C)c5)C5(C)C=CC(C#N)=CC5)cc(C(C)C)c5ccc2c3c54)c1. The molecule has 0 fully saturated rings. The van der Waals surface area contributed by atoms with Crippen molar-refractivity contribution in [2.75, 3.05) is 9.80 Å². The number of nitriles is 2. The molecule has 282 valence electrons. The van der Waals surface area contributed by atoms with Gasteiger partial charge in [0.1, 0.15) is 0 Å². The van der Waals surface area contributed by atoms with E-state index in [0.717, 1.165) is 22.7 Å². The van der Waals surface area contributed by atoms with Gasteiger partial charge in [-0.15, -0.1) is 0 Å². The van der Waals surface area contributed by atoms with Gasteiger partial charge >= 0.3 is 0 Å². The average Bonchev–Trinajstić information content (AvgIpc) is 3.17. The van der Waals surface area contributed by atoms with Crippen LogP contribution in [0.25, 0.3) is 32.3 Å². The highest BCUT2D eigenvalue weighted by atomic mass is 15.2. The number of allylic oxidation sites excluding steroid dienone is 2. The van der Waals surface area contributed by atoms with Crippen LogP contribution in [0.5, 0.6) is 0 Å². The predicted octanol–water partition coefficient (Wildman–Crippen LogP) is 14.7. The van der Waals surface area contributed by atoms with E-state index in [4.69, 9.17) is 0 Å². The molecule has 0 saturated heterocycles. The van der Waals surface area contributed by atoms with E-state index >= 15 is 0 Å². The van der Waals surface area contributed by atoms with Gasteiger partial charge in [-0.1, -0.05) is 76.2 Å². The average molecular weight is 743 g/mol. The number of nitrogens with zero attached hydrogens (tertiary/aromatic N) is 4. The van der Waals surface area contributed by atoms with Crippen LogP contribution in [0, 0.1) is 50.4 Å². The molecule has 0 spiro atoms. The second-order valence-corrected chi connectivity index (χ2v) is 17.0. The highest BCUT2D eigenvalue weighted by Crippen LogP contribution is 2.51. The van der Waals surface area contributed by atoms with E-state index < -0.39 is 5.54 Å². The quantitative estimate of drug-likeness (QED) is 0.146. The first kappa shape index (κ1) is 37.6. The third-order valence-electron chi connectivity index (χ3n) is 11.8. The topological polar surface area (TPSA) is 54.1 Å². The van der Waals surface area contributed by atoms with Crippen molar-refractivity contribution in [1.29, 1.82) is 10.5 Å². The van der Waals surface area contributed by atoms with E-state index in [1.54, 1.807) is 0 Å². The van der Waals surface area contributed by atoms with Crippen molar-refractivity contribution in [3.05, 3.63) is 160 Å². The van der Waals surface area contributed by atoms with Crippen molar-refractivity contribution in [3.8, 4) is 12.1 Å². The lowest BCUT2D eigenvalue weighted by Gasteiger charge is -2.43. The summed E-state index contributed by atoms with van der Waals surface area (Å²) in [4.78, 5) is 4.92. The summed E-state index contributed by atoms with van der Waals surface area (Å²) in [6.45, 7) is 20.2. The van der Waals surface area contributed by atoms with Gasteiger partial charge in [0.25, 0.3) is 0 Å². The molecule has 7 aromatic carbocycles. The van der Waals surface area contributed by atoms with Crippen molar-refractivity contribution in [1.82, 2.24) is 0 Å². The molecular weight excluding hydrogens is 693 g/mol. The lowest BCUT2D eigenvalue weighted by molar-refractivity contribution is 0.569. The summed E-state index contributed by atoms with van der Waals surface area (Å²) in [7, 11) is 0. The Kier molecular flexibility index (Phi) is 9.42. The van der Waals surface area contributed by atoms with Crippen LogP contribution in [0.3, 0.4) is 0 Å². The number of hydrogen-bond acceptors (Lipinski definition) is 4. The number of aryl methyl sites for hydroxylation is 4. The fraction of sp³-hybridized carbons (Fsp3) is 0.245. The summed E-state index contributed by atoms with van der Waals surface area (Å²) in [6, 6.07) is 40.5. The van der Waals surface area contributed by atoms with Crippen LogP contribution in [-0.4, -0.2) is 5.54 Å². The molecule has 1 aliphatic rings. The maximum atomic E-state index is 9.82. The van der Waals surface area contributed by atoms with E-state index in [0.29, 0.717) is 17.6 Å². The van der Waals surface area contributed by atoms with Gasteiger partial charge in [-0.25, -0.2) is 0 Å². The van der Waals surface area contributed by atoms with Crippen LogP contribution in [-0.2, 0) is 0 Å². The first-order valence-electron chi connectivity index (χ1n) is 20.1. The Balaban J connectivity index is 1.51. The first-order chi connectivity index (χ1) is 27.3. The molecular formula is C53H50N4. The van der Waals surface area contributed by atoms with Gasteiger partial charge in [0.05, 0.1) is 34.6 Å². The molecule has 0 heterocycles. The van der Waals surface area contributed by atoms with Crippen molar-refractivity contribution in [2.24, 2.45) is 0 Å². The monoisotopic (exact) mass is 742 g/mol. The van der Waals surface area contributed by atoms with E-state index in [1.165, 1.54) is 71.4 Å². The summed E-state index contributed by atoms with van der Waals surface area (Å²) < 4.78 is 0. The van der Waals surface area contributed by atoms with E-state index in [2.05, 4.69) is 181 Å². The van der Waals surface area contributed by atoms with Crippen LogP contribution < -0.4 is 9.80 Å². The summed E-state index contributed by atoms with van der Waals surface area (Å²) in [6.07, 6.45) is 7.01. The second kappa shape index (κ2) is 14.3. The Morgan fingerprint density at radius 3 is 1.53 bits per heavy atom. The lowest BCUT2D eigenvalue weighted by Crippen LogP contribution is -2.42. The third-order valence-corrected chi connectivity index (χ3v) is 11.8. The molecule has 1 atom stereocenters. The molecule has 4 nitrogen and oxygen atoms in total. The molecule has 0 aliphatic heterocycles. The largest absolute Gasteiger partial charge is 0.331 e. The Hall–Kier alpha value is -6.36. The Morgan fingerprint density at radius 2 is 1.05 bits per heavy atom. The van der Waals surface area contributed by atoms with Crippen LogP contribution >= 0.6 is 0 Å². The van der Waals surface area contributed by atoms with Crippen molar-refractivity contribution < 1.29 is 0 Å². The molecule has 7 aromatic rings. The summed E-state index contributed by atoms with van der Waals surface area (Å²) >= 11 is 0. The zero-order chi connectivity index (χ0) is 40.3. The smallest absolute Gasteiger partial charge is 0.0991 e. The number of anilines is 5. The highest BCUT2D eigenvalue weighted by molar-refractivity contribution is 6.29. The molecule has 0 saturated carbocycles. The molecule has 0 radical (unpaired) electrons. The van der Waals surface area contributed by atoms with Crippen LogP contribution in [0.2, 0.25) is 0 Å². The molecule has 8 rings (SSSR count). The lowest BCUT2D eigenvalue weighted by atomic mass is 9.82. The molecule has 1 aliphatic carbocycles. The predicted molar refractivity (Wildman–Crippen MR) is 241 cm³/mol. The number of hydrogen-bond donors (Lipinski definition) is 0. The van der Waals surface area contributed by atoms with Gasteiger partial charge in [-0.3, -0.25) is 0 Å². The van der Waals surface area contributed by atoms with Gasteiger partial charge in [0.15, 0.2) is 0 Å². The minimum absolute atomic E-state index is 0.263. The van der Waals surface area contributed by atoms with Gasteiger partial charge in [0, 0.05) is 33.4 Å². The van der Waals surface area contributed by atoms with Crippen LogP contribution in [0.4, 0.5) is 28.4 Å². The van der Waals surface area contributed by atoms with Crippen LogP contribution in [0.1, 0.15) is 91.8 Å². The molecule has 0 bridgehead atoms. The van der Waals surface area contributed by atoms with E-state index in [1.807, 2.05) is 18.2 Å². The summed E-state index contributed by atoms with van der Waals surface area (Å²) in [5, 5.41) is 27.1. The fourth-order valence-electron chi connectivity index (χ4n) is 9.29. The maximum Gasteiger partial charge on any atom is 0.0991 e. The molecule has 4 heteroatoms. The van der Waals surface area contributed by atoms with Crippen molar-refractivity contribution in [3.63, 3.8) is 0 Å². The zero-order valence-electron chi connectivity index (χ0n) is 34.6. The van der Waals surface area contributed by atoms with Crippen LogP contribution in [0.15, 0.2) is 121 Å². The van der Waals surface area contributed by atoms with Crippen molar-refractivity contribution in [2.45, 2.75) is 86.1 Å². The second-order valence-electron chi connectivity index (χ2n) is 17.0. The summed E-state index contributed by atoms with van der Waals surface area (Å²) in [5.41, 5.74) is 13.9. The molecule has 57 heavy (non-hydrogen) atoms. The normalized spacial score (nSPS) is 15.4. The minimum atomic E-state index is -0.429. The molecule has 1 unspecified atom stereocenters. The standard InChI is InChI=1S/C53H50N4/c1-32(2)47-28-49(56(40-12-10-38(30-54)11-13-40)41-24-34(5)22-35(6)25-41)45-16-14-44-48(33(3)4)29-50(46-17-15-43(47)51(45)52(44)46)57(42-26-36(7)23-37(8)27-42)53(9)20-18-39(31-55)19-21-53/h10-20,22-29,32-33H,21H2,1-9H3. The molecule has 0 aromatic heterocycles. The Labute approximate surface area is 337 Å². The number of benzene rings is 7. The first-order valence-corrected chi connectivity index (χ1v) is 20.1. The van der Waals surface area contributed by atoms with Gasteiger partial charge in [-0.05, 0) is 175 Å². The summed E-state index contributed by atoms with van der Waals surface area (Å²) in [5.74, 6) is 0.530. The Morgan fingerprint density at radius 1 is 0.561 bits per heavy atom.